The van der Waals surface area contributed by atoms with E-state index in [0.29, 0.717) is 5.92 Å². The van der Waals surface area contributed by atoms with Crippen LogP contribution in [0.4, 0.5) is 0 Å². The second kappa shape index (κ2) is 5.87. The van der Waals surface area contributed by atoms with Crippen molar-refractivity contribution in [2.24, 2.45) is 5.92 Å². The zero-order valence-corrected chi connectivity index (χ0v) is 11.6. The molecule has 4 heteroatoms. The van der Waals surface area contributed by atoms with Gasteiger partial charge in [-0.15, -0.1) is 22.9 Å². The first kappa shape index (κ1) is 12.9. The van der Waals surface area contributed by atoms with Crippen LogP contribution in [0.5, 0.6) is 0 Å². The Balaban J connectivity index is 2.10. The molecule has 0 bridgehead atoms. The second-order valence-electron chi connectivity index (χ2n) is 4.66. The second-order valence-corrected chi connectivity index (χ2v) is 6.30. The topological polar surface area (TPSA) is 29.1 Å². The Labute approximate surface area is 111 Å². The maximum atomic E-state index is 11.8. The number of hydrogen-bond acceptors (Lipinski definition) is 2. The molecule has 0 saturated heterocycles. The molecule has 2 rings (SSSR count). The lowest BCUT2D eigenvalue weighted by atomic mass is 9.96. The number of hydrogen-bond donors (Lipinski definition) is 1. The SMILES string of the molecule is CC(Cl)C(=O)NC(c1cccs1)C1CCCC1. The molecular weight excluding hydrogens is 254 g/mol. The van der Waals surface area contributed by atoms with E-state index in [1.165, 1.54) is 30.6 Å². The Kier molecular flexibility index (Phi) is 4.46. The fourth-order valence-corrected chi connectivity index (χ4v) is 3.38. The van der Waals surface area contributed by atoms with Crippen molar-refractivity contribution in [1.82, 2.24) is 5.32 Å². The number of carbonyl (C=O) groups is 1. The molecule has 0 spiro atoms. The minimum absolute atomic E-state index is 0.0584. The molecule has 17 heavy (non-hydrogen) atoms. The monoisotopic (exact) mass is 271 g/mol. The molecule has 2 nitrogen and oxygen atoms in total. The zero-order valence-electron chi connectivity index (χ0n) is 9.99. The zero-order chi connectivity index (χ0) is 12.3. The van der Waals surface area contributed by atoms with E-state index < -0.39 is 5.38 Å². The van der Waals surface area contributed by atoms with Gasteiger partial charge in [0, 0.05) is 4.88 Å². The molecule has 1 amide bonds. The molecule has 1 saturated carbocycles. The maximum absolute atomic E-state index is 11.8. The van der Waals surface area contributed by atoms with Crippen LogP contribution in [0, 0.1) is 5.92 Å². The highest BCUT2D eigenvalue weighted by Gasteiger charge is 2.29. The summed E-state index contributed by atoms with van der Waals surface area (Å²) in [7, 11) is 0. The van der Waals surface area contributed by atoms with Gasteiger partial charge in [0.1, 0.15) is 5.38 Å². The van der Waals surface area contributed by atoms with Crippen molar-refractivity contribution in [1.29, 1.82) is 0 Å². The predicted molar refractivity (Wildman–Crippen MR) is 72.5 cm³/mol. The number of alkyl halides is 1. The summed E-state index contributed by atoms with van der Waals surface area (Å²) in [6.45, 7) is 1.72. The number of halogens is 1. The van der Waals surface area contributed by atoms with Gasteiger partial charge in [-0.3, -0.25) is 4.79 Å². The van der Waals surface area contributed by atoms with Crippen LogP contribution in [-0.4, -0.2) is 11.3 Å². The van der Waals surface area contributed by atoms with Gasteiger partial charge in [0.2, 0.25) is 5.91 Å². The van der Waals surface area contributed by atoms with Gasteiger partial charge in [-0.1, -0.05) is 18.9 Å². The molecule has 1 aliphatic rings. The first-order valence-electron chi connectivity index (χ1n) is 6.16. The molecule has 1 aromatic rings. The maximum Gasteiger partial charge on any atom is 0.238 e. The lowest BCUT2D eigenvalue weighted by molar-refractivity contribution is -0.121. The van der Waals surface area contributed by atoms with Gasteiger partial charge in [-0.25, -0.2) is 0 Å². The molecule has 1 aromatic heterocycles. The summed E-state index contributed by atoms with van der Waals surface area (Å²) in [6, 6.07) is 4.30. The number of nitrogens with one attached hydrogen (secondary N) is 1. The highest BCUT2D eigenvalue weighted by atomic mass is 35.5. The van der Waals surface area contributed by atoms with Crippen LogP contribution in [-0.2, 0) is 4.79 Å². The number of rotatable bonds is 4. The molecule has 2 atom stereocenters. The Morgan fingerprint density at radius 1 is 1.53 bits per heavy atom. The van der Waals surface area contributed by atoms with E-state index in [4.69, 9.17) is 11.6 Å². The van der Waals surface area contributed by atoms with E-state index in [-0.39, 0.29) is 11.9 Å². The third-order valence-electron chi connectivity index (χ3n) is 3.38. The van der Waals surface area contributed by atoms with E-state index >= 15 is 0 Å². The molecule has 0 aromatic carbocycles. The molecule has 1 aliphatic carbocycles. The van der Waals surface area contributed by atoms with Crippen molar-refractivity contribution in [2.45, 2.75) is 44.0 Å². The van der Waals surface area contributed by atoms with Gasteiger partial charge in [0.15, 0.2) is 0 Å². The summed E-state index contributed by atoms with van der Waals surface area (Å²) < 4.78 is 0. The van der Waals surface area contributed by atoms with Crippen LogP contribution in [0.1, 0.15) is 43.5 Å². The smallest absolute Gasteiger partial charge is 0.238 e. The number of thiophene rings is 1. The Hall–Kier alpha value is -0.540. The van der Waals surface area contributed by atoms with Gasteiger partial charge in [0.25, 0.3) is 0 Å². The van der Waals surface area contributed by atoms with Crippen molar-refractivity contribution in [3.05, 3.63) is 22.4 Å². The van der Waals surface area contributed by atoms with Crippen LogP contribution >= 0.6 is 22.9 Å². The molecule has 2 unspecified atom stereocenters. The average molecular weight is 272 g/mol. The van der Waals surface area contributed by atoms with Crippen LogP contribution in [0.15, 0.2) is 17.5 Å². The van der Waals surface area contributed by atoms with Gasteiger partial charge in [-0.05, 0) is 37.1 Å². The number of carbonyl (C=O) groups excluding carboxylic acids is 1. The van der Waals surface area contributed by atoms with Crippen LogP contribution in [0.3, 0.4) is 0 Å². The lowest BCUT2D eigenvalue weighted by Crippen LogP contribution is -2.36. The molecule has 1 fully saturated rings. The number of amides is 1. The average Bonchev–Trinajstić information content (AvgIpc) is 2.98. The van der Waals surface area contributed by atoms with Crippen molar-refractivity contribution >= 4 is 28.8 Å². The van der Waals surface area contributed by atoms with E-state index in [0.717, 1.165) is 0 Å². The summed E-state index contributed by atoms with van der Waals surface area (Å²) in [5, 5.41) is 4.70. The molecular formula is C13H18ClNOS. The third-order valence-corrected chi connectivity index (χ3v) is 4.53. The Morgan fingerprint density at radius 2 is 2.24 bits per heavy atom. The van der Waals surface area contributed by atoms with Gasteiger partial charge >= 0.3 is 0 Å². The molecule has 0 aliphatic heterocycles. The third kappa shape index (κ3) is 3.23. The van der Waals surface area contributed by atoms with Gasteiger partial charge < -0.3 is 5.32 Å². The quantitative estimate of drug-likeness (QED) is 0.831. The molecule has 0 radical (unpaired) electrons. The highest BCUT2D eigenvalue weighted by molar-refractivity contribution is 7.10. The van der Waals surface area contributed by atoms with Crippen LogP contribution in [0.2, 0.25) is 0 Å². The largest absolute Gasteiger partial charge is 0.347 e. The van der Waals surface area contributed by atoms with Crippen LogP contribution < -0.4 is 5.32 Å². The van der Waals surface area contributed by atoms with Crippen LogP contribution in [0.25, 0.3) is 0 Å². The molecule has 1 heterocycles. The van der Waals surface area contributed by atoms with Gasteiger partial charge in [0.05, 0.1) is 6.04 Å². The molecule has 1 N–H and O–H groups in total. The van der Waals surface area contributed by atoms with Crippen molar-refractivity contribution in [3.63, 3.8) is 0 Å². The van der Waals surface area contributed by atoms with E-state index in [1.54, 1.807) is 18.3 Å². The summed E-state index contributed by atoms with van der Waals surface area (Å²) >= 11 is 7.55. The minimum Gasteiger partial charge on any atom is -0.347 e. The normalized spacial score (nSPS) is 20.1. The lowest BCUT2D eigenvalue weighted by Gasteiger charge is -2.24. The summed E-state index contributed by atoms with van der Waals surface area (Å²) in [5.74, 6) is 0.519. The highest BCUT2D eigenvalue weighted by Crippen LogP contribution is 2.37. The fraction of sp³-hybridized carbons (Fsp3) is 0.615. The van der Waals surface area contributed by atoms with Crippen molar-refractivity contribution < 1.29 is 4.79 Å². The predicted octanol–water partition coefficient (Wildman–Crippen LogP) is 3.72. The van der Waals surface area contributed by atoms with E-state index in [1.807, 2.05) is 6.07 Å². The summed E-state index contributed by atoms with van der Waals surface area (Å²) in [5.41, 5.74) is 0. The fourth-order valence-electron chi connectivity index (χ4n) is 2.45. The Bertz CT molecular complexity index is 358. The van der Waals surface area contributed by atoms with E-state index in [9.17, 15) is 4.79 Å². The first-order chi connectivity index (χ1) is 8.18. The summed E-state index contributed by atoms with van der Waals surface area (Å²) in [4.78, 5) is 13.0. The Morgan fingerprint density at radius 3 is 2.76 bits per heavy atom. The van der Waals surface area contributed by atoms with Gasteiger partial charge in [-0.2, -0.15) is 0 Å². The van der Waals surface area contributed by atoms with Crippen molar-refractivity contribution in [3.8, 4) is 0 Å². The molecule has 94 valence electrons. The standard InChI is InChI=1S/C13H18ClNOS/c1-9(14)13(16)15-12(10-5-2-3-6-10)11-7-4-8-17-11/h4,7-10,12H,2-3,5-6H2,1H3,(H,15,16). The van der Waals surface area contributed by atoms with E-state index in [2.05, 4.69) is 16.8 Å². The van der Waals surface area contributed by atoms with Crippen molar-refractivity contribution in [2.75, 3.05) is 0 Å². The minimum atomic E-state index is -0.459. The first-order valence-corrected chi connectivity index (χ1v) is 7.48. The summed E-state index contributed by atoms with van der Waals surface area (Å²) in [6.07, 6.45) is 4.97.